The van der Waals surface area contributed by atoms with Crippen molar-refractivity contribution in [3.63, 3.8) is 0 Å². The Balaban J connectivity index is 1.87. The van der Waals surface area contributed by atoms with E-state index in [9.17, 15) is 9.59 Å². The van der Waals surface area contributed by atoms with E-state index in [-0.39, 0.29) is 11.5 Å². The van der Waals surface area contributed by atoms with Crippen molar-refractivity contribution in [3.8, 4) is 0 Å². The minimum Gasteiger partial charge on any atom is -0.459 e. The number of para-hydroxylation sites is 1. The number of amides is 1. The standard InChI is InChI=1S/C20H17ClN2O3/c1-13-8-10-14(11-9-13)18(24)19(22-16-6-3-2-5-15(16)21)23-20(25)17-7-4-12-26-17/h2-12,19,22H,1H3,(H,23,25). The number of furan rings is 1. The van der Waals surface area contributed by atoms with Crippen LogP contribution in [0.3, 0.4) is 0 Å². The van der Waals surface area contributed by atoms with Crippen LogP contribution in [0, 0.1) is 6.92 Å². The fourth-order valence-electron chi connectivity index (χ4n) is 2.40. The third-order valence-electron chi connectivity index (χ3n) is 3.79. The highest BCUT2D eigenvalue weighted by Crippen LogP contribution is 2.22. The molecule has 1 atom stereocenters. The van der Waals surface area contributed by atoms with Gasteiger partial charge in [-0.05, 0) is 31.2 Å². The zero-order chi connectivity index (χ0) is 18.5. The van der Waals surface area contributed by atoms with Gasteiger partial charge in [0.25, 0.3) is 5.91 Å². The highest BCUT2D eigenvalue weighted by atomic mass is 35.5. The zero-order valence-electron chi connectivity index (χ0n) is 14.0. The first-order valence-electron chi connectivity index (χ1n) is 8.01. The molecule has 3 rings (SSSR count). The van der Waals surface area contributed by atoms with Crippen molar-refractivity contribution >= 4 is 29.0 Å². The molecular formula is C20H17ClN2O3. The van der Waals surface area contributed by atoms with Crippen LogP contribution in [0.4, 0.5) is 5.69 Å². The molecule has 1 aromatic heterocycles. The predicted octanol–water partition coefficient (Wildman–Crippen LogP) is 4.29. The number of hydrogen-bond donors (Lipinski definition) is 2. The molecule has 0 radical (unpaired) electrons. The van der Waals surface area contributed by atoms with Gasteiger partial charge in [0, 0.05) is 5.56 Å². The fourth-order valence-corrected chi connectivity index (χ4v) is 2.59. The molecule has 0 saturated carbocycles. The van der Waals surface area contributed by atoms with Crippen LogP contribution in [0.5, 0.6) is 0 Å². The van der Waals surface area contributed by atoms with E-state index in [4.69, 9.17) is 16.0 Å². The molecule has 1 unspecified atom stereocenters. The second kappa shape index (κ2) is 7.89. The van der Waals surface area contributed by atoms with Gasteiger partial charge < -0.3 is 15.1 Å². The van der Waals surface area contributed by atoms with Crippen LogP contribution in [-0.2, 0) is 0 Å². The van der Waals surface area contributed by atoms with Crippen LogP contribution < -0.4 is 10.6 Å². The lowest BCUT2D eigenvalue weighted by atomic mass is 10.1. The first-order chi connectivity index (χ1) is 12.5. The van der Waals surface area contributed by atoms with Crippen LogP contribution >= 0.6 is 11.6 Å². The molecule has 5 nitrogen and oxygen atoms in total. The molecule has 0 aliphatic rings. The van der Waals surface area contributed by atoms with E-state index in [0.717, 1.165) is 5.56 Å². The number of hydrogen-bond acceptors (Lipinski definition) is 4. The Labute approximate surface area is 156 Å². The number of aryl methyl sites for hydroxylation is 1. The lowest BCUT2D eigenvalue weighted by molar-refractivity contribution is 0.0853. The smallest absolute Gasteiger partial charge is 0.288 e. The quantitative estimate of drug-likeness (QED) is 0.503. The summed E-state index contributed by atoms with van der Waals surface area (Å²) < 4.78 is 5.09. The Kier molecular flexibility index (Phi) is 5.39. The van der Waals surface area contributed by atoms with Crippen molar-refractivity contribution in [3.05, 3.63) is 88.8 Å². The molecule has 1 amide bonds. The summed E-state index contributed by atoms with van der Waals surface area (Å²) in [6, 6.07) is 17.3. The molecule has 26 heavy (non-hydrogen) atoms. The van der Waals surface area contributed by atoms with Gasteiger partial charge in [-0.2, -0.15) is 0 Å². The van der Waals surface area contributed by atoms with Crippen molar-refractivity contribution in [2.24, 2.45) is 0 Å². The first-order valence-corrected chi connectivity index (χ1v) is 8.39. The Morgan fingerprint density at radius 1 is 1.00 bits per heavy atom. The molecular weight excluding hydrogens is 352 g/mol. The Bertz CT molecular complexity index is 905. The highest BCUT2D eigenvalue weighted by molar-refractivity contribution is 6.33. The van der Waals surface area contributed by atoms with E-state index in [1.807, 2.05) is 19.1 Å². The van der Waals surface area contributed by atoms with Gasteiger partial charge in [-0.1, -0.05) is 53.6 Å². The molecule has 3 aromatic rings. The van der Waals surface area contributed by atoms with E-state index in [0.29, 0.717) is 16.3 Å². The number of carbonyl (C=O) groups excluding carboxylic acids is 2. The van der Waals surface area contributed by atoms with Crippen molar-refractivity contribution in [2.45, 2.75) is 13.1 Å². The summed E-state index contributed by atoms with van der Waals surface area (Å²) in [5, 5.41) is 6.10. The third kappa shape index (κ3) is 4.13. The molecule has 6 heteroatoms. The number of halogens is 1. The highest BCUT2D eigenvalue weighted by Gasteiger charge is 2.24. The lowest BCUT2D eigenvalue weighted by Crippen LogP contribution is -2.46. The van der Waals surface area contributed by atoms with Crippen LogP contribution in [0.25, 0.3) is 0 Å². The molecule has 132 valence electrons. The minimum absolute atomic E-state index is 0.118. The van der Waals surface area contributed by atoms with Gasteiger partial charge in [0.2, 0.25) is 5.78 Å². The Hall–Kier alpha value is -3.05. The van der Waals surface area contributed by atoms with Gasteiger partial charge in [-0.25, -0.2) is 0 Å². The third-order valence-corrected chi connectivity index (χ3v) is 4.12. The topological polar surface area (TPSA) is 71.3 Å². The number of rotatable bonds is 6. The van der Waals surface area contributed by atoms with Gasteiger partial charge in [0.15, 0.2) is 11.9 Å². The van der Waals surface area contributed by atoms with Crippen LogP contribution in [0.2, 0.25) is 5.02 Å². The van der Waals surface area contributed by atoms with E-state index >= 15 is 0 Å². The summed E-state index contributed by atoms with van der Waals surface area (Å²) >= 11 is 6.17. The maximum absolute atomic E-state index is 12.9. The summed E-state index contributed by atoms with van der Waals surface area (Å²) in [5.74, 6) is -0.669. The SMILES string of the molecule is Cc1ccc(C(=O)C(NC(=O)c2ccco2)Nc2ccccc2Cl)cc1. The molecule has 0 fully saturated rings. The fraction of sp³-hybridized carbons (Fsp3) is 0.100. The predicted molar refractivity (Wildman–Crippen MR) is 101 cm³/mol. The molecule has 1 heterocycles. The molecule has 0 saturated heterocycles. The Morgan fingerprint density at radius 2 is 1.73 bits per heavy atom. The van der Waals surface area contributed by atoms with Crippen LogP contribution in [0.15, 0.2) is 71.3 Å². The van der Waals surface area contributed by atoms with Crippen molar-refractivity contribution in [2.75, 3.05) is 5.32 Å². The van der Waals surface area contributed by atoms with Gasteiger partial charge in [-0.3, -0.25) is 9.59 Å². The van der Waals surface area contributed by atoms with E-state index in [1.165, 1.54) is 12.3 Å². The van der Waals surface area contributed by atoms with Crippen LogP contribution in [-0.4, -0.2) is 17.9 Å². The van der Waals surface area contributed by atoms with Crippen molar-refractivity contribution in [1.29, 1.82) is 0 Å². The van der Waals surface area contributed by atoms with Crippen LogP contribution in [0.1, 0.15) is 26.5 Å². The molecule has 0 spiro atoms. The summed E-state index contributed by atoms with van der Waals surface area (Å²) in [6.45, 7) is 1.94. The van der Waals surface area contributed by atoms with E-state index < -0.39 is 12.1 Å². The normalized spacial score (nSPS) is 11.6. The van der Waals surface area contributed by atoms with Gasteiger partial charge in [0.1, 0.15) is 0 Å². The minimum atomic E-state index is -1.00. The molecule has 0 aliphatic heterocycles. The van der Waals surface area contributed by atoms with Crippen molar-refractivity contribution in [1.82, 2.24) is 5.32 Å². The monoisotopic (exact) mass is 368 g/mol. The zero-order valence-corrected chi connectivity index (χ0v) is 14.8. The average molecular weight is 369 g/mol. The number of carbonyl (C=O) groups is 2. The van der Waals surface area contributed by atoms with E-state index in [1.54, 1.807) is 42.5 Å². The average Bonchev–Trinajstić information content (AvgIpc) is 3.18. The second-order valence-corrected chi connectivity index (χ2v) is 6.15. The molecule has 2 N–H and O–H groups in total. The number of nitrogens with one attached hydrogen (secondary N) is 2. The maximum Gasteiger partial charge on any atom is 0.288 e. The van der Waals surface area contributed by atoms with Gasteiger partial charge in [0.05, 0.1) is 17.0 Å². The largest absolute Gasteiger partial charge is 0.459 e. The molecule has 0 aliphatic carbocycles. The number of ketones is 1. The lowest BCUT2D eigenvalue weighted by Gasteiger charge is -2.20. The van der Waals surface area contributed by atoms with Crippen molar-refractivity contribution < 1.29 is 14.0 Å². The summed E-state index contributed by atoms with van der Waals surface area (Å²) in [5.41, 5.74) is 2.05. The number of anilines is 1. The maximum atomic E-state index is 12.9. The van der Waals surface area contributed by atoms with Gasteiger partial charge in [-0.15, -0.1) is 0 Å². The number of benzene rings is 2. The van der Waals surface area contributed by atoms with Gasteiger partial charge >= 0.3 is 0 Å². The summed E-state index contributed by atoms with van der Waals surface area (Å²) in [4.78, 5) is 25.3. The molecule has 2 aromatic carbocycles. The first kappa shape index (κ1) is 17.8. The Morgan fingerprint density at radius 3 is 2.38 bits per heavy atom. The number of Topliss-reactive ketones (excluding diaryl/α,β-unsaturated/α-hetero) is 1. The second-order valence-electron chi connectivity index (χ2n) is 5.74. The van der Waals surface area contributed by atoms with E-state index in [2.05, 4.69) is 10.6 Å². The summed E-state index contributed by atoms with van der Waals surface area (Å²) in [7, 11) is 0. The molecule has 0 bridgehead atoms. The summed E-state index contributed by atoms with van der Waals surface area (Å²) in [6.07, 6.45) is 0.392.